The van der Waals surface area contributed by atoms with E-state index in [1.54, 1.807) is 0 Å². The number of hydrogen-bond donors (Lipinski definition) is 3. The Labute approximate surface area is 658 Å². The lowest BCUT2D eigenvalue weighted by Gasteiger charge is -2.21. The molecule has 0 heterocycles. The first-order chi connectivity index (χ1) is 51.7. The first-order valence-electron chi connectivity index (χ1n) is 45.3. The number of phosphoric acid groups is 2. The van der Waals surface area contributed by atoms with Gasteiger partial charge in [-0.15, -0.1) is 0 Å². The van der Waals surface area contributed by atoms with Gasteiger partial charge in [0, 0.05) is 25.7 Å². The summed E-state index contributed by atoms with van der Waals surface area (Å²) in [6.45, 7) is 14.4. The monoisotopic (exact) mass is 1560 g/mol. The van der Waals surface area contributed by atoms with Gasteiger partial charge in [0.25, 0.3) is 0 Å². The summed E-state index contributed by atoms with van der Waals surface area (Å²) in [5.74, 6) is 1.14. The molecule has 0 spiro atoms. The topological polar surface area (TPSA) is 237 Å². The van der Waals surface area contributed by atoms with E-state index in [2.05, 4.69) is 55.4 Å². The van der Waals surface area contributed by atoms with Crippen molar-refractivity contribution in [3.63, 3.8) is 0 Å². The molecule has 107 heavy (non-hydrogen) atoms. The average molecular weight is 1560 g/mol. The molecule has 0 bridgehead atoms. The third-order valence-corrected chi connectivity index (χ3v) is 23.6. The zero-order chi connectivity index (χ0) is 78.8. The summed E-state index contributed by atoms with van der Waals surface area (Å²) in [5.41, 5.74) is 0. The van der Waals surface area contributed by atoms with E-state index in [0.29, 0.717) is 31.6 Å². The van der Waals surface area contributed by atoms with Gasteiger partial charge in [-0.3, -0.25) is 37.3 Å². The van der Waals surface area contributed by atoms with Gasteiger partial charge in [-0.1, -0.05) is 409 Å². The maximum atomic E-state index is 13.2. The van der Waals surface area contributed by atoms with E-state index < -0.39 is 97.5 Å². The highest BCUT2D eigenvalue weighted by Gasteiger charge is 2.31. The molecular formula is C88H172O17P2. The van der Waals surface area contributed by atoms with E-state index >= 15 is 0 Å². The number of aliphatic hydroxyl groups is 1. The van der Waals surface area contributed by atoms with Crippen LogP contribution in [0.5, 0.6) is 0 Å². The summed E-state index contributed by atoms with van der Waals surface area (Å²) in [6, 6.07) is 0. The van der Waals surface area contributed by atoms with Crippen LogP contribution in [0.15, 0.2) is 0 Å². The maximum absolute atomic E-state index is 13.2. The van der Waals surface area contributed by atoms with Crippen LogP contribution in [-0.2, 0) is 65.4 Å². The van der Waals surface area contributed by atoms with E-state index in [0.717, 1.165) is 114 Å². The Hall–Kier alpha value is -1.94. The third kappa shape index (κ3) is 77.8. The van der Waals surface area contributed by atoms with E-state index in [4.69, 9.17) is 37.0 Å². The van der Waals surface area contributed by atoms with Crippen molar-refractivity contribution in [3.05, 3.63) is 0 Å². The summed E-state index contributed by atoms with van der Waals surface area (Å²) in [6.07, 6.45) is 66.7. The van der Waals surface area contributed by atoms with Crippen LogP contribution in [0.1, 0.15) is 460 Å². The summed E-state index contributed by atoms with van der Waals surface area (Å²) < 4.78 is 68.9. The Bertz CT molecular complexity index is 2080. The van der Waals surface area contributed by atoms with Gasteiger partial charge in [0.2, 0.25) is 0 Å². The Morgan fingerprint density at radius 1 is 0.262 bits per heavy atom. The van der Waals surface area contributed by atoms with Crippen LogP contribution in [-0.4, -0.2) is 96.7 Å². The molecule has 0 amide bonds. The highest BCUT2D eigenvalue weighted by Crippen LogP contribution is 2.45. The van der Waals surface area contributed by atoms with Crippen LogP contribution < -0.4 is 0 Å². The van der Waals surface area contributed by atoms with Crippen LogP contribution in [0.3, 0.4) is 0 Å². The molecule has 0 aromatic rings. The van der Waals surface area contributed by atoms with Crippen molar-refractivity contribution in [1.29, 1.82) is 0 Å². The predicted octanol–water partition coefficient (Wildman–Crippen LogP) is 26.7. The molecule has 0 aliphatic carbocycles. The van der Waals surface area contributed by atoms with Crippen LogP contribution in [0.2, 0.25) is 0 Å². The fourth-order valence-electron chi connectivity index (χ4n) is 13.6. The van der Waals surface area contributed by atoms with E-state index in [1.807, 2.05) is 0 Å². The molecule has 0 aromatic carbocycles. The zero-order valence-electron chi connectivity index (χ0n) is 70.8. The van der Waals surface area contributed by atoms with Crippen molar-refractivity contribution >= 4 is 39.5 Å². The van der Waals surface area contributed by atoms with Gasteiger partial charge in [-0.2, -0.15) is 0 Å². The van der Waals surface area contributed by atoms with Crippen LogP contribution in [0, 0.1) is 23.7 Å². The lowest BCUT2D eigenvalue weighted by atomic mass is 9.99. The number of ether oxygens (including phenoxy) is 4. The van der Waals surface area contributed by atoms with Crippen molar-refractivity contribution in [1.82, 2.24) is 0 Å². The zero-order valence-corrected chi connectivity index (χ0v) is 72.6. The van der Waals surface area contributed by atoms with Crippen LogP contribution >= 0.6 is 15.6 Å². The van der Waals surface area contributed by atoms with E-state index in [1.165, 1.54) is 257 Å². The highest BCUT2D eigenvalue weighted by molar-refractivity contribution is 7.47. The lowest BCUT2D eigenvalue weighted by molar-refractivity contribution is -0.161. The molecule has 636 valence electrons. The maximum Gasteiger partial charge on any atom is 0.472 e. The van der Waals surface area contributed by atoms with Gasteiger partial charge in [0.15, 0.2) is 12.2 Å². The summed E-state index contributed by atoms with van der Waals surface area (Å²) in [5, 5.41) is 10.7. The quantitative estimate of drug-likeness (QED) is 0.0222. The lowest BCUT2D eigenvalue weighted by Crippen LogP contribution is -2.30. The van der Waals surface area contributed by atoms with Gasteiger partial charge in [-0.25, -0.2) is 9.13 Å². The van der Waals surface area contributed by atoms with Crippen molar-refractivity contribution in [3.8, 4) is 0 Å². The molecule has 3 N–H and O–H groups in total. The predicted molar refractivity (Wildman–Crippen MR) is 441 cm³/mol. The number of carbonyl (C=O) groups is 4. The molecular weight excluding hydrogens is 1390 g/mol. The van der Waals surface area contributed by atoms with Gasteiger partial charge in [0.05, 0.1) is 26.4 Å². The molecule has 5 unspecified atom stereocenters. The second-order valence-electron chi connectivity index (χ2n) is 32.8. The minimum atomic E-state index is -4.97. The number of carbonyl (C=O) groups excluding carboxylic acids is 4. The molecule has 8 atom stereocenters. The fraction of sp³-hybridized carbons (Fsp3) is 0.955. The number of rotatable bonds is 85. The molecule has 0 saturated carbocycles. The van der Waals surface area contributed by atoms with Gasteiger partial charge < -0.3 is 33.8 Å². The summed E-state index contributed by atoms with van der Waals surface area (Å²) in [4.78, 5) is 73.2. The number of aliphatic hydroxyl groups excluding tert-OH is 1. The van der Waals surface area contributed by atoms with Gasteiger partial charge in [0.1, 0.15) is 19.3 Å². The average Bonchev–Trinajstić information content (AvgIpc) is 0.905. The smallest absolute Gasteiger partial charge is 0.462 e. The minimum absolute atomic E-state index is 0.106. The van der Waals surface area contributed by atoms with E-state index in [9.17, 15) is 43.2 Å². The molecule has 0 aliphatic heterocycles. The first kappa shape index (κ1) is 105. The van der Waals surface area contributed by atoms with Gasteiger partial charge >= 0.3 is 39.5 Å². The molecule has 19 heteroatoms. The normalized spacial score (nSPS) is 14.7. The van der Waals surface area contributed by atoms with Crippen molar-refractivity contribution < 1.29 is 80.2 Å². The number of phosphoric ester groups is 2. The van der Waals surface area contributed by atoms with Gasteiger partial charge in [-0.05, 0) is 49.4 Å². The Balaban J connectivity index is 5.21. The fourth-order valence-corrected chi connectivity index (χ4v) is 15.2. The summed E-state index contributed by atoms with van der Waals surface area (Å²) >= 11 is 0. The SMILES string of the molecule is CCC(C)CCCCCCCCCCCCCCCCCCCCC(=O)O[C@H](COC(=O)CCCCCCCCCCCCCCCCC(C)CC)COP(=O)(O)OC[C@@H](O)COP(=O)(O)OC[C@@H](COC(=O)CCCCCCCCC(C)C)OC(=O)CCCCCCCCCCCCCCCCC(C)CC. The van der Waals surface area contributed by atoms with Crippen molar-refractivity contribution in [2.75, 3.05) is 39.6 Å². The first-order valence-corrected chi connectivity index (χ1v) is 48.3. The second-order valence-corrected chi connectivity index (χ2v) is 35.7. The second kappa shape index (κ2) is 76.7. The summed E-state index contributed by atoms with van der Waals surface area (Å²) in [7, 11) is -9.93. The Morgan fingerprint density at radius 2 is 0.449 bits per heavy atom. The highest BCUT2D eigenvalue weighted by atomic mass is 31.2. The number of esters is 4. The molecule has 17 nitrogen and oxygen atoms in total. The molecule has 0 radical (unpaired) electrons. The Kier molecular flexibility index (Phi) is 75.3. The van der Waals surface area contributed by atoms with Crippen molar-refractivity contribution in [2.24, 2.45) is 23.7 Å². The molecule has 0 rings (SSSR count). The van der Waals surface area contributed by atoms with Crippen LogP contribution in [0.4, 0.5) is 0 Å². The standard InChI is InChI=1S/C88H172O17P2/c1-9-79(6)65-57-49-40-34-28-22-16-14-12-13-15-17-26-32-38-44-54-62-70-87(92)104-83(74-98-85(90)68-60-52-43-37-31-25-20-18-23-29-35-41-50-58-66-80(7)10-2)76-102-106(94,95)100-72-82(89)73-101-107(96,97)103-77-84(75-99-86(91)69-61-53-47-46-48-56-64-78(4)5)105-88(93)71-63-55-45-39-33-27-21-19-24-30-36-42-51-59-67-81(8)11-3/h78-84,89H,9-77H2,1-8H3,(H,94,95)(H,96,97)/t79?,80?,81?,82-,83-,84-/m1/s1. The van der Waals surface area contributed by atoms with Crippen molar-refractivity contribution in [2.45, 2.75) is 478 Å². The molecule has 0 saturated heterocycles. The molecule has 0 fully saturated rings. The minimum Gasteiger partial charge on any atom is -0.462 e. The third-order valence-electron chi connectivity index (χ3n) is 21.7. The Morgan fingerprint density at radius 3 is 0.664 bits per heavy atom. The molecule has 0 aliphatic rings. The number of unbranched alkanes of at least 4 members (excludes halogenated alkanes) is 48. The largest absolute Gasteiger partial charge is 0.472 e. The molecule has 0 aromatic heterocycles. The number of hydrogen-bond acceptors (Lipinski definition) is 15. The van der Waals surface area contributed by atoms with E-state index in [-0.39, 0.29) is 25.7 Å². The van der Waals surface area contributed by atoms with Crippen LogP contribution in [0.25, 0.3) is 0 Å².